The SMILES string of the molecule is COc1cccc(NC(=S)N(Cc2cc3cc(C)cc(C)c3[nH]c2=O)C[C@@H]2CCCO2)c1. The second kappa shape index (κ2) is 9.71. The number of thiocarbonyl (C=S) groups is 1. The first-order valence-electron chi connectivity index (χ1n) is 10.9. The van der Waals surface area contributed by atoms with Gasteiger partial charge >= 0.3 is 0 Å². The highest BCUT2D eigenvalue weighted by atomic mass is 32.1. The molecule has 1 saturated heterocycles. The minimum absolute atomic E-state index is 0.0917. The van der Waals surface area contributed by atoms with Crippen molar-refractivity contribution in [3.8, 4) is 5.75 Å². The van der Waals surface area contributed by atoms with Gasteiger partial charge in [0.25, 0.3) is 5.56 Å². The van der Waals surface area contributed by atoms with E-state index in [-0.39, 0.29) is 11.7 Å². The maximum atomic E-state index is 12.9. The number of ether oxygens (including phenoxy) is 2. The lowest BCUT2D eigenvalue weighted by molar-refractivity contribution is 0.0904. The summed E-state index contributed by atoms with van der Waals surface area (Å²) in [6, 6.07) is 13.8. The fraction of sp³-hybridized carbons (Fsp3) is 0.360. The van der Waals surface area contributed by atoms with Gasteiger partial charge in [-0.3, -0.25) is 4.79 Å². The molecule has 2 aromatic carbocycles. The van der Waals surface area contributed by atoms with E-state index in [1.54, 1.807) is 7.11 Å². The summed E-state index contributed by atoms with van der Waals surface area (Å²) in [4.78, 5) is 18.0. The Balaban J connectivity index is 1.62. The molecule has 1 fully saturated rings. The van der Waals surface area contributed by atoms with Gasteiger partial charge in [0, 0.05) is 30.5 Å². The third kappa shape index (κ3) is 5.11. The highest BCUT2D eigenvalue weighted by molar-refractivity contribution is 7.80. The Kier molecular flexibility index (Phi) is 6.77. The molecule has 168 valence electrons. The van der Waals surface area contributed by atoms with Crippen molar-refractivity contribution in [2.75, 3.05) is 25.6 Å². The van der Waals surface area contributed by atoms with Crippen LogP contribution in [0.25, 0.3) is 10.9 Å². The van der Waals surface area contributed by atoms with Crippen LogP contribution in [0.4, 0.5) is 5.69 Å². The molecule has 0 bridgehead atoms. The zero-order valence-electron chi connectivity index (χ0n) is 18.7. The molecular formula is C25H29N3O3S. The number of pyridine rings is 1. The first-order valence-corrected chi connectivity index (χ1v) is 11.3. The topological polar surface area (TPSA) is 66.6 Å². The largest absolute Gasteiger partial charge is 0.497 e. The predicted octanol–water partition coefficient (Wildman–Crippen LogP) is 4.53. The Morgan fingerprint density at radius 2 is 2.12 bits per heavy atom. The molecule has 32 heavy (non-hydrogen) atoms. The minimum Gasteiger partial charge on any atom is -0.497 e. The van der Waals surface area contributed by atoms with Crippen LogP contribution in [0.15, 0.2) is 47.3 Å². The van der Waals surface area contributed by atoms with E-state index in [0.29, 0.717) is 23.8 Å². The third-order valence-electron chi connectivity index (χ3n) is 5.79. The van der Waals surface area contributed by atoms with Gasteiger partial charge < -0.3 is 24.7 Å². The molecule has 0 unspecified atom stereocenters. The smallest absolute Gasteiger partial charge is 0.253 e. The summed E-state index contributed by atoms with van der Waals surface area (Å²) in [5, 5.41) is 4.87. The van der Waals surface area contributed by atoms with Crippen LogP contribution >= 0.6 is 12.2 Å². The number of nitrogens with one attached hydrogen (secondary N) is 2. The standard InChI is InChI=1S/C25H29N3O3S/c1-16-10-17(2)23-18(11-16)12-19(24(29)27-23)14-28(15-22-8-5-9-31-22)25(32)26-20-6-4-7-21(13-20)30-3/h4,6-7,10-13,22H,5,8-9,14-15H2,1-3H3,(H,26,32)(H,27,29)/t22-/m0/s1. The first-order chi connectivity index (χ1) is 15.4. The number of rotatable bonds is 6. The molecule has 2 N–H and O–H groups in total. The number of methoxy groups -OCH3 is 1. The van der Waals surface area contributed by atoms with Crippen molar-refractivity contribution in [2.24, 2.45) is 0 Å². The van der Waals surface area contributed by atoms with E-state index in [1.807, 2.05) is 42.2 Å². The maximum absolute atomic E-state index is 12.9. The summed E-state index contributed by atoms with van der Waals surface area (Å²) in [6.07, 6.45) is 2.14. The Hall–Kier alpha value is -2.90. The molecule has 3 aromatic rings. The van der Waals surface area contributed by atoms with Crippen LogP contribution in [0.2, 0.25) is 0 Å². The molecular weight excluding hydrogens is 422 g/mol. The van der Waals surface area contributed by atoms with Crippen LogP contribution in [0, 0.1) is 13.8 Å². The molecule has 6 nitrogen and oxygen atoms in total. The third-order valence-corrected chi connectivity index (χ3v) is 6.15. The second-order valence-corrected chi connectivity index (χ2v) is 8.73. The van der Waals surface area contributed by atoms with Crippen molar-refractivity contribution in [2.45, 2.75) is 39.3 Å². The van der Waals surface area contributed by atoms with Crippen molar-refractivity contribution in [3.63, 3.8) is 0 Å². The van der Waals surface area contributed by atoms with Crippen LogP contribution in [0.3, 0.4) is 0 Å². The summed E-state index contributed by atoms with van der Waals surface area (Å²) < 4.78 is 11.2. The monoisotopic (exact) mass is 451 g/mol. The number of aryl methyl sites for hydroxylation is 2. The molecule has 0 spiro atoms. The van der Waals surface area contributed by atoms with Gasteiger partial charge in [-0.1, -0.05) is 17.7 Å². The van der Waals surface area contributed by atoms with Gasteiger partial charge in [0.15, 0.2) is 5.11 Å². The number of nitrogens with zero attached hydrogens (tertiary/aromatic N) is 1. The molecule has 0 saturated carbocycles. The van der Waals surface area contributed by atoms with Gasteiger partial charge in [-0.15, -0.1) is 0 Å². The predicted molar refractivity (Wildman–Crippen MR) is 133 cm³/mol. The number of hydrogen-bond acceptors (Lipinski definition) is 4. The normalized spacial score (nSPS) is 15.7. The lowest BCUT2D eigenvalue weighted by Gasteiger charge is -2.28. The molecule has 1 aliphatic rings. The van der Waals surface area contributed by atoms with E-state index < -0.39 is 0 Å². The quantitative estimate of drug-likeness (QED) is 0.537. The lowest BCUT2D eigenvalue weighted by atomic mass is 10.1. The molecule has 2 heterocycles. The molecule has 0 radical (unpaired) electrons. The molecule has 7 heteroatoms. The molecule has 0 amide bonds. The number of aromatic nitrogens is 1. The summed E-state index contributed by atoms with van der Waals surface area (Å²) in [5.41, 5.74) is 4.54. The van der Waals surface area contributed by atoms with Gasteiger partial charge in [0.2, 0.25) is 0 Å². The van der Waals surface area contributed by atoms with Gasteiger partial charge in [-0.25, -0.2) is 0 Å². The van der Waals surface area contributed by atoms with Crippen LogP contribution in [-0.2, 0) is 11.3 Å². The van der Waals surface area contributed by atoms with E-state index in [9.17, 15) is 4.79 Å². The maximum Gasteiger partial charge on any atom is 0.253 e. The van der Waals surface area contributed by atoms with Crippen LogP contribution in [-0.4, -0.2) is 41.4 Å². The zero-order valence-corrected chi connectivity index (χ0v) is 19.6. The van der Waals surface area contributed by atoms with Crippen LogP contribution in [0.1, 0.15) is 29.5 Å². The number of hydrogen-bond donors (Lipinski definition) is 2. The van der Waals surface area contributed by atoms with E-state index in [2.05, 4.69) is 29.4 Å². The molecule has 1 atom stereocenters. The Morgan fingerprint density at radius 3 is 2.88 bits per heavy atom. The number of H-pyrrole nitrogens is 1. The van der Waals surface area contributed by atoms with Crippen LogP contribution in [0.5, 0.6) is 5.75 Å². The van der Waals surface area contributed by atoms with Crippen molar-refractivity contribution in [1.29, 1.82) is 0 Å². The van der Waals surface area contributed by atoms with E-state index in [0.717, 1.165) is 47.4 Å². The lowest BCUT2D eigenvalue weighted by Crippen LogP contribution is -2.40. The first kappa shape index (κ1) is 22.3. The summed E-state index contributed by atoms with van der Waals surface area (Å²) in [6.45, 7) is 5.87. The van der Waals surface area contributed by atoms with Gasteiger partial charge in [-0.05, 0) is 74.1 Å². The van der Waals surface area contributed by atoms with E-state index in [1.165, 1.54) is 5.56 Å². The number of aromatic amines is 1. The Morgan fingerprint density at radius 1 is 1.28 bits per heavy atom. The second-order valence-electron chi connectivity index (χ2n) is 8.35. The van der Waals surface area contributed by atoms with Gasteiger partial charge in [-0.2, -0.15) is 0 Å². The fourth-order valence-electron chi connectivity index (χ4n) is 4.21. The molecule has 4 rings (SSSR count). The minimum atomic E-state index is -0.0917. The number of benzene rings is 2. The highest BCUT2D eigenvalue weighted by Gasteiger charge is 2.22. The van der Waals surface area contributed by atoms with Gasteiger partial charge in [0.1, 0.15) is 5.75 Å². The highest BCUT2D eigenvalue weighted by Crippen LogP contribution is 2.21. The van der Waals surface area contributed by atoms with Crippen molar-refractivity contribution < 1.29 is 9.47 Å². The number of fused-ring (bicyclic) bond motifs is 1. The Labute approximate surface area is 193 Å². The van der Waals surface area contributed by atoms with Gasteiger partial charge in [0.05, 0.1) is 25.3 Å². The molecule has 1 aliphatic heterocycles. The zero-order chi connectivity index (χ0) is 22.7. The van der Waals surface area contributed by atoms with Crippen molar-refractivity contribution in [1.82, 2.24) is 9.88 Å². The Bertz CT molecular complexity index is 1180. The average molecular weight is 452 g/mol. The van der Waals surface area contributed by atoms with E-state index >= 15 is 0 Å². The summed E-state index contributed by atoms with van der Waals surface area (Å²) in [7, 11) is 1.64. The van der Waals surface area contributed by atoms with Crippen molar-refractivity contribution in [3.05, 3.63) is 69.5 Å². The number of anilines is 1. The summed E-state index contributed by atoms with van der Waals surface area (Å²) >= 11 is 5.76. The molecule has 0 aliphatic carbocycles. The summed E-state index contributed by atoms with van der Waals surface area (Å²) in [5.74, 6) is 0.750. The van der Waals surface area contributed by atoms with E-state index in [4.69, 9.17) is 21.7 Å². The molecule has 1 aromatic heterocycles. The average Bonchev–Trinajstić information content (AvgIpc) is 3.27. The van der Waals surface area contributed by atoms with Crippen LogP contribution < -0.4 is 15.6 Å². The van der Waals surface area contributed by atoms with Crippen molar-refractivity contribution >= 4 is 33.9 Å². The fourth-order valence-corrected chi connectivity index (χ4v) is 4.47.